The molecule has 0 fully saturated rings. The van der Waals surface area contributed by atoms with Crippen LogP contribution in [0.1, 0.15) is 61.5 Å². The van der Waals surface area contributed by atoms with Crippen molar-refractivity contribution in [2.45, 2.75) is 82.2 Å². The van der Waals surface area contributed by atoms with Gasteiger partial charge in [0.1, 0.15) is 30.2 Å². The summed E-state index contributed by atoms with van der Waals surface area (Å²) < 4.78 is 0. The van der Waals surface area contributed by atoms with Crippen molar-refractivity contribution >= 4 is 107 Å². The Kier molecular flexibility index (Phi) is 27.8. The summed E-state index contributed by atoms with van der Waals surface area (Å²) in [7, 11) is 1.00. The fourth-order valence-electron chi connectivity index (χ4n) is 5.84. The second kappa shape index (κ2) is 32.7. The number of nitrogen functional groups attached to an aromatic ring is 1. The van der Waals surface area contributed by atoms with Gasteiger partial charge in [-0.2, -0.15) is 17.6 Å². The molecule has 0 saturated carbocycles. The molecule has 34 heteroatoms. The van der Waals surface area contributed by atoms with Gasteiger partial charge in [0.15, 0.2) is 17.1 Å². The topological polar surface area (TPSA) is 555 Å². The van der Waals surface area contributed by atoms with Crippen molar-refractivity contribution in [1.29, 1.82) is 0 Å². The second-order valence-electron chi connectivity index (χ2n) is 15.1. The first-order valence-electron chi connectivity index (χ1n) is 21.6. The van der Waals surface area contributed by atoms with E-state index >= 15 is 0 Å². The molecular formula is C41H57N15O18S. The zero-order valence-corrected chi connectivity index (χ0v) is 40.8. The van der Waals surface area contributed by atoms with E-state index in [2.05, 4.69) is 74.8 Å². The zero-order valence-electron chi connectivity index (χ0n) is 39.9. The maximum Gasteiger partial charge on any atom is 0.327 e. The molecule has 20 N–H and O–H groups in total. The number of nitrogens with zero attached hydrogens (tertiary/aromatic N) is 4. The van der Waals surface area contributed by atoms with Crippen LogP contribution in [0.5, 0.6) is 0 Å². The number of anilines is 2. The van der Waals surface area contributed by atoms with Crippen LogP contribution in [0.25, 0.3) is 11.2 Å². The molecule has 3 aromatic rings. The van der Waals surface area contributed by atoms with Gasteiger partial charge < -0.3 is 85.1 Å². The number of carboxylic acid groups (broad SMARTS) is 5. The molecule has 0 radical (unpaired) electrons. The lowest BCUT2D eigenvalue weighted by atomic mass is 10.1. The highest BCUT2D eigenvalue weighted by atomic mass is 32.1. The van der Waals surface area contributed by atoms with Gasteiger partial charge in [-0.1, -0.05) is 0 Å². The van der Waals surface area contributed by atoms with Gasteiger partial charge in [0.2, 0.25) is 35.5 Å². The number of nitrogens with one attached hydrogen (secondary N) is 8. The van der Waals surface area contributed by atoms with Crippen molar-refractivity contribution in [1.82, 2.24) is 51.8 Å². The first-order chi connectivity index (χ1) is 35.3. The van der Waals surface area contributed by atoms with E-state index in [1.807, 2.05) is 0 Å². The van der Waals surface area contributed by atoms with Gasteiger partial charge in [-0.15, -0.1) is 0 Å². The first kappa shape index (κ1) is 63.8. The van der Waals surface area contributed by atoms with E-state index in [9.17, 15) is 68.1 Å². The molecule has 2 heterocycles. The molecule has 0 spiro atoms. The molecule has 33 nitrogen and oxygen atoms in total. The van der Waals surface area contributed by atoms with Crippen LogP contribution in [-0.4, -0.2) is 178 Å². The number of benzene rings is 1. The summed E-state index contributed by atoms with van der Waals surface area (Å²) in [6.07, 6.45) is -2.31. The number of rotatable bonds is 28. The minimum Gasteiger partial charge on any atom is -0.481 e. The number of hydrogen-bond acceptors (Lipinski definition) is 20. The number of aromatic amines is 1. The minimum atomic E-state index is -1.90. The monoisotopic (exact) mass is 1080 g/mol. The third-order valence-corrected chi connectivity index (χ3v) is 9.59. The van der Waals surface area contributed by atoms with Crippen LogP contribution < -0.4 is 60.0 Å². The van der Waals surface area contributed by atoms with Crippen LogP contribution in [0.15, 0.2) is 40.2 Å². The third kappa shape index (κ3) is 24.7. The molecule has 1 aromatic carbocycles. The fourth-order valence-corrected chi connectivity index (χ4v) is 6.08. The number of carbonyl (C=O) groups is 11. The van der Waals surface area contributed by atoms with Crippen molar-refractivity contribution in [3.63, 3.8) is 0 Å². The van der Waals surface area contributed by atoms with Crippen LogP contribution in [0.3, 0.4) is 0 Å². The Hall–Kier alpha value is -9.21. The number of aliphatic imine (C=N–C) groups is 1. The van der Waals surface area contributed by atoms with E-state index in [1.54, 1.807) is 0 Å². The summed E-state index contributed by atoms with van der Waals surface area (Å²) in [6, 6.07) is -2.82. The number of fused-ring (bicyclic) bond motifs is 1. The van der Waals surface area contributed by atoms with E-state index in [0.29, 0.717) is 11.4 Å². The molecule has 75 heavy (non-hydrogen) atoms. The summed E-state index contributed by atoms with van der Waals surface area (Å²) in [6.45, 7) is 0.226. The summed E-state index contributed by atoms with van der Waals surface area (Å²) in [5.41, 5.74) is 16.5. The fraction of sp³-hybridized carbons (Fsp3) is 0.415. The predicted octanol–water partition coefficient (Wildman–Crippen LogP) is -5.36. The highest BCUT2D eigenvalue weighted by Gasteiger charge is 2.32. The van der Waals surface area contributed by atoms with Gasteiger partial charge in [-0.25, -0.2) is 19.6 Å². The van der Waals surface area contributed by atoms with Crippen LogP contribution in [0.4, 0.5) is 11.6 Å². The maximum atomic E-state index is 13.5. The molecule has 6 amide bonds. The first-order valence-corrected chi connectivity index (χ1v) is 22.3. The SMILES string of the molecule is CC(=O)O.CO.NC(N)=NCCCC(NC(=O)C(CC(=O)O)NC(=O)CCC(NC(=O)c1ccc(NCc2cnc3nc(N)[nH]c(=O)c3n2)cc1)C(=O)O)C(=O)NC(CC(=O)O)C(=O)NCC(=O)NC(CS)C(=O)O. The standard InChI is InChI=1S/C38H49N15O15S.C2H4O2.CH4O/c39-37(40)42-9-1-2-19(32(62)51-21(10-26(56)57)31(61)45-14-25(55)48-23(15-69)36(67)68)49-33(63)22(11-27(58)59)47-24(54)8-7-20(35(65)66)50-30(60)16-3-5-17(6-4-16)43-12-18-13-44-29-28(46-18)34(64)53-38(41)52-29;1-2(3)4;1-2/h3-6,13,19-23,43,69H,1-2,7-12,14-15H2,(H,45,61)(H,47,54)(H,48,55)(H,49,63)(H,50,60)(H,51,62)(H,56,57)(H,58,59)(H,65,66)(H,67,68)(H4,39,40,42)(H3,41,44,52,53,64);1H3,(H,3,4);2H,1H3. The molecule has 0 saturated heterocycles. The van der Waals surface area contributed by atoms with E-state index in [4.69, 9.17) is 37.3 Å². The smallest absolute Gasteiger partial charge is 0.327 e. The van der Waals surface area contributed by atoms with Gasteiger partial charge in [0.05, 0.1) is 37.8 Å². The van der Waals surface area contributed by atoms with Gasteiger partial charge in [-0.05, 0) is 43.5 Å². The van der Waals surface area contributed by atoms with Gasteiger partial charge >= 0.3 is 23.9 Å². The Labute approximate surface area is 428 Å². The van der Waals surface area contributed by atoms with E-state index < -0.39 is 133 Å². The lowest BCUT2D eigenvalue weighted by Crippen LogP contribution is -2.57. The van der Waals surface area contributed by atoms with Crippen LogP contribution >= 0.6 is 12.6 Å². The Bertz CT molecular complexity index is 2610. The number of H-pyrrole nitrogens is 1. The zero-order chi connectivity index (χ0) is 56.9. The average molecular weight is 1080 g/mol. The number of aliphatic carboxylic acids is 5. The molecule has 2 aromatic heterocycles. The normalized spacial score (nSPS) is 12.3. The maximum absolute atomic E-state index is 13.5. The van der Waals surface area contributed by atoms with Gasteiger partial charge in [0, 0.05) is 44.0 Å². The minimum absolute atomic E-state index is 0.0185. The number of amides is 6. The lowest BCUT2D eigenvalue weighted by Gasteiger charge is -2.24. The quantitative estimate of drug-likeness (QED) is 0.0140. The highest BCUT2D eigenvalue weighted by Crippen LogP contribution is 2.13. The third-order valence-electron chi connectivity index (χ3n) is 9.23. The molecule has 0 aliphatic carbocycles. The van der Waals surface area contributed by atoms with Crippen LogP contribution in [0.2, 0.25) is 0 Å². The van der Waals surface area contributed by atoms with Crippen LogP contribution in [-0.2, 0) is 54.5 Å². The summed E-state index contributed by atoms with van der Waals surface area (Å²) in [5, 5.41) is 68.2. The van der Waals surface area contributed by atoms with Crippen molar-refractivity contribution in [3.05, 3.63) is 52.1 Å². The van der Waals surface area contributed by atoms with Crippen molar-refractivity contribution in [2.75, 3.05) is 37.0 Å². The molecule has 0 aliphatic rings. The number of hydrogen-bond donors (Lipinski definition) is 18. The number of aliphatic hydroxyl groups excluding tert-OH is 1. The summed E-state index contributed by atoms with van der Waals surface area (Å²) >= 11 is 3.80. The Morgan fingerprint density at radius 1 is 0.720 bits per heavy atom. The number of guanidine groups is 1. The van der Waals surface area contributed by atoms with E-state index in [-0.39, 0.29) is 60.3 Å². The average Bonchev–Trinajstić information content (AvgIpc) is 3.33. The number of carboxylic acids is 5. The second-order valence-corrected chi connectivity index (χ2v) is 15.4. The Morgan fingerprint density at radius 2 is 1.27 bits per heavy atom. The molecular weight excluding hydrogens is 1020 g/mol. The molecule has 0 bridgehead atoms. The largest absolute Gasteiger partial charge is 0.481 e. The summed E-state index contributed by atoms with van der Waals surface area (Å²) in [4.78, 5) is 164. The number of carbonyl (C=O) groups excluding carboxylic acids is 6. The van der Waals surface area contributed by atoms with Crippen molar-refractivity contribution in [2.24, 2.45) is 16.5 Å². The molecule has 0 aliphatic heterocycles. The number of nitrogens with two attached hydrogens (primary N) is 3. The molecule has 410 valence electrons. The highest BCUT2D eigenvalue weighted by molar-refractivity contribution is 7.80. The van der Waals surface area contributed by atoms with Gasteiger partial charge in [0.25, 0.3) is 17.4 Å². The van der Waals surface area contributed by atoms with Crippen LogP contribution in [0, 0.1) is 0 Å². The molecule has 5 unspecified atom stereocenters. The predicted molar refractivity (Wildman–Crippen MR) is 262 cm³/mol. The van der Waals surface area contributed by atoms with Gasteiger partial charge in [-0.3, -0.25) is 57.9 Å². The Balaban J connectivity index is 0.00000446. The number of aromatic nitrogens is 4. The summed E-state index contributed by atoms with van der Waals surface area (Å²) in [5.74, 6) is -14.3. The van der Waals surface area contributed by atoms with Crippen molar-refractivity contribution in [3.8, 4) is 0 Å². The van der Waals surface area contributed by atoms with E-state index in [1.165, 1.54) is 30.5 Å². The number of aliphatic hydroxyl groups is 1. The molecule has 5 atom stereocenters. The molecule has 3 rings (SSSR count). The Morgan fingerprint density at radius 3 is 1.81 bits per heavy atom. The van der Waals surface area contributed by atoms with E-state index in [0.717, 1.165) is 14.0 Å². The number of thiol groups is 1. The van der Waals surface area contributed by atoms with Crippen molar-refractivity contribution < 1.29 is 83.4 Å². The lowest BCUT2D eigenvalue weighted by molar-refractivity contribution is -0.142.